The standard InChI is InChI=1S/C54H60N18O4/c1-9-49(73)61-41-24-43(65-53-55-14-11-39(63-53)33-21-35-30-58-69(5)51(35)56-28-33)47(75-7)26-45(41)71-15-12-38(13-16-71)68(4)32-37-23-40(34-22-36-31-59-70(6)52(36)57-29-34)64-54(60-37)66-44-25-42(62-50(74)10-2)46(27-48(44)76-8)72-19-17-67(3)18-20-72/h9-11,14,21-31,38H,1-2,12-13,15-20,32H2,3-8H3,(H,61,73)(H,62,74)(H,55,63,65)(H,60,64,66). The zero-order valence-corrected chi connectivity index (χ0v) is 43.4. The molecule has 390 valence electrons. The Morgan fingerprint density at radius 1 is 0.645 bits per heavy atom. The Morgan fingerprint density at radius 2 is 1.17 bits per heavy atom. The van der Waals surface area contributed by atoms with Gasteiger partial charge in [-0.2, -0.15) is 10.2 Å². The van der Waals surface area contributed by atoms with Crippen molar-refractivity contribution < 1.29 is 19.1 Å². The van der Waals surface area contributed by atoms with Gasteiger partial charge in [-0.25, -0.2) is 29.9 Å². The number of nitrogens with one attached hydrogen (secondary N) is 4. The van der Waals surface area contributed by atoms with Crippen LogP contribution in [0.4, 0.5) is 46.0 Å². The van der Waals surface area contributed by atoms with Gasteiger partial charge < -0.3 is 45.4 Å². The number of amides is 2. The van der Waals surface area contributed by atoms with E-state index in [4.69, 9.17) is 29.4 Å². The molecule has 0 aliphatic carbocycles. The number of rotatable bonds is 17. The summed E-state index contributed by atoms with van der Waals surface area (Å²) in [5.74, 6) is 1.11. The number of likely N-dealkylation sites (N-methyl/N-ethyl adjacent to an activating group) is 1. The van der Waals surface area contributed by atoms with Gasteiger partial charge in [0.1, 0.15) is 11.5 Å². The fraction of sp³-hybridized carbons (Fsp3) is 0.296. The SMILES string of the molecule is C=CC(=O)Nc1cc(Nc2nccc(-c3cnc4c(cnn4C)c3)n2)c(OC)cc1N1CCC(N(C)Cc2cc(-c3cnc4c(cnn4C)c3)nc(Nc3cc(NC(=O)C=C)c(N4CCN(C)CC4)cc3OC)n2)CC1. The van der Waals surface area contributed by atoms with Gasteiger partial charge in [-0.1, -0.05) is 13.2 Å². The maximum absolute atomic E-state index is 12.9. The zero-order chi connectivity index (χ0) is 53.0. The number of piperazine rings is 1. The van der Waals surface area contributed by atoms with Crippen molar-refractivity contribution in [2.75, 3.05) is 98.7 Å². The molecule has 4 N–H and O–H groups in total. The van der Waals surface area contributed by atoms with Crippen LogP contribution in [0.5, 0.6) is 11.5 Å². The first-order chi connectivity index (χ1) is 36.9. The number of carbonyl (C=O) groups excluding carboxylic acids is 2. The van der Waals surface area contributed by atoms with Crippen LogP contribution in [0.15, 0.2) is 105 Å². The summed E-state index contributed by atoms with van der Waals surface area (Å²) in [6.45, 7) is 12.6. The highest BCUT2D eigenvalue weighted by Crippen LogP contribution is 2.41. The number of benzene rings is 2. The van der Waals surface area contributed by atoms with Gasteiger partial charge in [0.2, 0.25) is 23.7 Å². The third kappa shape index (κ3) is 10.8. The number of hydrogen-bond donors (Lipinski definition) is 4. The van der Waals surface area contributed by atoms with Crippen LogP contribution in [-0.4, -0.2) is 145 Å². The monoisotopic (exact) mass is 1020 g/mol. The molecule has 10 rings (SSSR count). The van der Waals surface area contributed by atoms with E-state index in [2.05, 4.69) is 88.3 Å². The lowest BCUT2D eigenvalue weighted by Crippen LogP contribution is -2.44. The van der Waals surface area contributed by atoms with Crippen molar-refractivity contribution in [1.82, 2.24) is 59.3 Å². The van der Waals surface area contributed by atoms with Gasteiger partial charge in [0.25, 0.3) is 0 Å². The Balaban J connectivity index is 0.895. The molecule has 22 heteroatoms. The summed E-state index contributed by atoms with van der Waals surface area (Å²) in [6, 6.07) is 15.6. The molecular formula is C54H60N18O4. The quantitative estimate of drug-likeness (QED) is 0.0690. The van der Waals surface area contributed by atoms with E-state index in [-0.39, 0.29) is 17.9 Å². The molecule has 22 nitrogen and oxygen atoms in total. The number of carbonyl (C=O) groups is 2. The van der Waals surface area contributed by atoms with Crippen LogP contribution in [0.3, 0.4) is 0 Å². The van der Waals surface area contributed by atoms with E-state index in [1.54, 1.807) is 54.6 Å². The summed E-state index contributed by atoms with van der Waals surface area (Å²) in [7, 11) is 11.1. The van der Waals surface area contributed by atoms with Crippen molar-refractivity contribution in [1.29, 1.82) is 0 Å². The lowest BCUT2D eigenvalue weighted by molar-refractivity contribution is -0.112. The van der Waals surface area contributed by atoms with Crippen LogP contribution in [0.25, 0.3) is 44.6 Å². The maximum atomic E-state index is 12.9. The highest BCUT2D eigenvalue weighted by molar-refractivity contribution is 6.03. The van der Waals surface area contributed by atoms with Crippen LogP contribution in [-0.2, 0) is 30.2 Å². The van der Waals surface area contributed by atoms with E-state index in [0.717, 1.165) is 89.3 Å². The minimum Gasteiger partial charge on any atom is -0.494 e. The highest BCUT2D eigenvalue weighted by Gasteiger charge is 2.27. The average Bonchev–Trinajstić information content (AvgIpc) is 4.01. The lowest BCUT2D eigenvalue weighted by Gasteiger charge is -2.38. The summed E-state index contributed by atoms with van der Waals surface area (Å²) >= 11 is 0. The van der Waals surface area contributed by atoms with E-state index >= 15 is 0 Å². The third-order valence-electron chi connectivity index (χ3n) is 13.9. The number of hydrogen-bond acceptors (Lipinski definition) is 18. The molecule has 2 aromatic carbocycles. The molecule has 0 saturated carbocycles. The molecule has 0 radical (unpaired) electrons. The predicted molar refractivity (Wildman–Crippen MR) is 296 cm³/mol. The minimum atomic E-state index is -0.348. The van der Waals surface area contributed by atoms with Crippen molar-refractivity contribution >= 4 is 79.9 Å². The summed E-state index contributed by atoms with van der Waals surface area (Å²) < 4.78 is 15.4. The van der Waals surface area contributed by atoms with E-state index in [9.17, 15) is 9.59 Å². The Hall–Kier alpha value is -9.02. The van der Waals surface area contributed by atoms with Crippen LogP contribution in [0.1, 0.15) is 18.5 Å². The number of aryl methyl sites for hydroxylation is 2. The molecule has 2 saturated heterocycles. The Morgan fingerprint density at radius 3 is 1.72 bits per heavy atom. The second kappa shape index (κ2) is 21.8. The first kappa shape index (κ1) is 50.5. The molecule has 6 aromatic heterocycles. The molecule has 8 aromatic rings. The second-order valence-electron chi connectivity index (χ2n) is 18.8. The normalized spacial score (nSPS) is 14.2. The van der Waals surface area contributed by atoms with E-state index in [1.807, 2.05) is 62.6 Å². The molecule has 2 aliphatic heterocycles. The third-order valence-corrected chi connectivity index (χ3v) is 13.9. The number of ether oxygens (including phenoxy) is 2. The molecule has 2 fully saturated rings. The van der Waals surface area contributed by atoms with Gasteiger partial charge in [-0.3, -0.25) is 23.9 Å². The number of methoxy groups -OCH3 is 2. The number of pyridine rings is 2. The van der Waals surface area contributed by atoms with Gasteiger partial charge in [0.05, 0.1) is 77.8 Å². The Bertz CT molecular complexity index is 3490. The van der Waals surface area contributed by atoms with Crippen molar-refractivity contribution in [3.05, 3.63) is 111 Å². The summed E-state index contributed by atoms with van der Waals surface area (Å²) in [5, 5.41) is 23.3. The second-order valence-corrected chi connectivity index (χ2v) is 18.8. The van der Waals surface area contributed by atoms with Crippen molar-refractivity contribution in [2.24, 2.45) is 14.1 Å². The smallest absolute Gasteiger partial charge is 0.247 e. The van der Waals surface area contributed by atoms with Crippen LogP contribution in [0.2, 0.25) is 0 Å². The molecule has 0 unspecified atom stereocenters. The van der Waals surface area contributed by atoms with Crippen molar-refractivity contribution in [3.63, 3.8) is 0 Å². The summed E-state index contributed by atoms with van der Waals surface area (Å²) in [4.78, 5) is 63.5. The topological polar surface area (TPSA) is 227 Å². The number of aromatic nitrogens is 10. The predicted octanol–water partition coefficient (Wildman–Crippen LogP) is 6.77. The molecule has 0 atom stereocenters. The maximum Gasteiger partial charge on any atom is 0.247 e. The Kier molecular flexibility index (Phi) is 14.5. The summed E-state index contributed by atoms with van der Waals surface area (Å²) in [6.07, 6.45) is 12.9. The number of fused-ring (bicyclic) bond motifs is 2. The first-order valence-electron chi connectivity index (χ1n) is 24.9. The number of piperidine rings is 1. The van der Waals surface area contributed by atoms with Crippen LogP contribution in [0, 0.1) is 0 Å². The molecule has 0 bridgehead atoms. The largest absolute Gasteiger partial charge is 0.494 e. The van der Waals surface area contributed by atoms with Crippen molar-refractivity contribution in [2.45, 2.75) is 25.4 Å². The van der Waals surface area contributed by atoms with E-state index < -0.39 is 0 Å². The molecule has 0 spiro atoms. The molecular weight excluding hydrogens is 965 g/mol. The van der Waals surface area contributed by atoms with E-state index in [0.29, 0.717) is 77.2 Å². The fourth-order valence-electron chi connectivity index (χ4n) is 9.71. The van der Waals surface area contributed by atoms with Gasteiger partial charge >= 0.3 is 0 Å². The average molecular weight is 1030 g/mol. The van der Waals surface area contributed by atoms with Gasteiger partial charge in [-0.15, -0.1) is 0 Å². The van der Waals surface area contributed by atoms with Gasteiger partial charge in [-0.05, 0) is 75.5 Å². The lowest BCUT2D eigenvalue weighted by atomic mass is 10.0. The minimum absolute atomic E-state index is 0.185. The first-order valence-corrected chi connectivity index (χ1v) is 24.9. The number of anilines is 8. The molecule has 8 heterocycles. The number of nitrogens with zero attached hydrogens (tertiary/aromatic N) is 14. The van der Waals surface area contributed by atoms with Crippen LogP contribution >= 0.6 is 0 Å². The fourth-order valence-corrected chi connectivity index (χ4v) is 9.71. The molecule has 2 amide bonds. The summed E-state index contributed by atoms with van der Waals surface area (Å²) in [5.41, 5.74) is 9.23. The zero-order valence-electron chi connectivity index (χ0n) is 43.4. The Labute approximate surface area is 439 Å². The van der Waals surface area contributed by atoms with Crippen LogP contribution < -0.4 is 40.5 Å². The molecule has 76 heavy (non-hydrogen) atoms. The highest BCUT2D eigenvalue weighted by atomic mass is 16.5. The van der Waals surface area contributed by atoms with E-state index in [1.165, 1.54) is 12.2 Å². The van der Waals surface area contributed by atoms with Gasteiger partial charge in [0, 0.05) is 119 Å². The van der Waals surface area contributed by atoms with Crippen molar-refractivity contribution in [3.8, 4) is 34.0 Å². The molecule has 2 aliphatic rings. The van der Waals surface area contributed by atoms with Gasteiger partial charge in [0.15, 0.2) is 11.3 Å².